The fourth-order valence-corrected chi connectivity index (χ4v) is 2.61. The zero-order valence-corrected chi connectivity index (χ0v) is 12.3. The molecule has 0 aliphatic carbocycles. The van der Waals surface area contributed by atoms with Gasteiger partial charge in [0.2, 0.25) is 0 Å². The molecule has 1 aliphatic heterocycles. The second-order valence-electron chi connectivity index (χ2n) is 4.73. The number of rotatable bonds is 3. The van der Waals surface area contributed by atoms with Gasteiger partial charge in [-0.15, -0.1) is 0 Å². The van der Waals surface area contributed by atoms with Gasteiger partial charge < -0.3 is 9.64 Å². The van der Waals surface area contributed by atoms with E-state index in [-0.39, 0.29) is 11.9 Å². The first-order valence-electron chi connectivity index (χ1n) is 6.64. The van der Waals surface area contributed by atoms with Gasteiger partial charge in [0.1, 0.15) is 11.7 Å². The van der Waals surface area contributed by atoms with Gasteiger partial charge in [0, 0.05) is 12.7 Å². The van der Waals surface area contributed by atoms with Crippen molar-refractivity contribution in [1.29, 1.82) is 0 Å². The van der Waals surface area contributed by atoms with Crippen molar-refractivity contribution in [2.24, 2.45) is 0 Å². The van der Waals surface area contributed by atoms with Crippen molar-refractivity contribution in [2.75, 3.05) is 13.2 Å². The molecule has 108 valence electrons. The molecule has 0 unspecified atom stereocenters. The Balaban J connectivity index is 2.21. The van der Waals surface area contributed by atoms with Crippen molar-refractivity contribution in [3.05, 3.63) is 28.5 Å². The third-order valence-electron chi connectivity index (χ3n) is 3.32. The van der Waals surface area contributed by atoms with Crippen molar-refractivity contribution >= 4 is 23.5 Å². The summed E-state index contributed by atoms with van der Waals surface area (Å²) in [4.78, 5) is 30.0. The van der Waals surface area contributed by atoms with Crippen LogP contribution in [0.15, 0.2) is 12.3 Å². The van der Waals surface area contributed by atoms with Gasteiger partial charge in [-0.1, -0.05) is 11.6 Å². The highest BCUT2D eigenvalue weighted by molar-refractivity contribution is 6.30. The van der Waals surface area contributed by atoms with Crippen molar-refractivity contribution in [2.45, 2.75) is 32.7 Å². The van der Waals surface area contributed by atoms with E-state index in [1.165, 1.54) is 6.20 Å². The summed E-state index contributed by atoms with van der Waals surface area (Å²) >= 11 is 5.84. The monoisotopic (exact) mass is 296 g/mol. The van der Waals surface area contributed by atoms with E-state index in [9.17, 15) is 9.59 Å². The van der Waals surface area contributed by atoms with Gasteiger partial charge in [-0.25, -0.2) is 9.78 Å². The summed E-state index contributed by atoms with van der Waals surface area (Å²) in [5, 5.41) is 0.488. The summed E-state index contributed by atoms with van der Waals surface area (Å²) in [6.07, 6.45) is 2.87. The molecule has 0 saturated carbocycles. The molecule has 1 fully saturated rings. The molecular formula is C14H17ClN2O3. The Kier molecular flexibility index (Phi) is 4.60. The van der Waals surface area contributed by atoms with Crippen LogP contribution in [0.2, 0.25) is 5.02 Å². The van der Waals surface area contributed by atoms with Gasteiger partial charge >= 0.3 is 5.97 Å². The first kappa shape index (κ1) is 14.8. The molecule has 2 rings (SSSR count). The number of aromatic nitrogens is 1. The van der Waals surface area contributed by atoms with Crippen LogP contribution in [0.1, 0.15) is 35.8 Å². The van der Waals surface area contributed by atoms with Gasteiger partial charge in [0.15, 0.2) is 0 Å². The molecule has 1 aromatic heterocycles. The van der Waals surface area contributed by atoms with Crippen LogP contribution in [0, 0.1) is 6.92 Å². The van der Waals surface area contributed by atoms with E-state index in [2.05, 4.69) is 4.98 Å². The average molecular weight is 297 g/mol. The van der Waals surface area contributed by atoms with E-state index in [0.717, 1.165) is 6.42 Å². The molecule has 20 heavy (non-hydrogen) atoms. The zero-order valence-electron chi connectivity index (χ0n) is 11.6. The average Bonchev–Trinajstić information content (AvgIpc) is 2.87. The van der Waals surface area contributed by atoms with E-state index in [0.29, 0.717) is 35.9 Å². The van der Waals surface area contributed by atoms with Crippen molar-refractivity contribution < 1.29 is 14.3 Å². The van der Waals surface area contributed by atoms with E-state index < -0.39 is 6.04 Å². The molecule has 5 nitrogen and oxygen atoms in total. The normalized spacial score (nSPS) is 18.1. The maximum atomic E-state index is 12.5. The number of esters is 1. The van der Waals surface area contributed by atoms with Crippen LogP contribution in [0.3, 0.4) is 0 Å². The molecule has 0 N–H and O–H groups in total. The molecule has 1 aromatic rings. The second-order valence-corrected chi connectivity index (χ2v) is 5.16. The summed E-state index contributed by atoms with van der Waals surface area (Å²) in [6.45, 7) is 4.40. The number of carbonyl (C=O) groups excluding carboxylic acids is 2. The van der Waals surface area contributed by atoms with Crippen molar-refractivity contribution in [1.82, 2.24) is 9.88 Å². The molecule has 1 amide bonds. The third-order valence-corrected chi connectivity index (χ3v) is 3.53. The molecule has 0 radical (unpaired) electrons. The third kappa shape index (κ3) is 2.93. The lowest BCUT2D eigenvalue weighted by atomic mass is 10.1. The van der Waals surface area contributed by atoms with Crippen LogP contribution < -0.4 is 0 Å². The molecule has 0 bridgehead atoms. The Hall–Kier alpha value is -1.62. The Bertz CT molecular complexity index is 533. The lowest BCUT2D eigenvalue weighted by molar-refractivity contribution is -0.147. The molecule has 1 saturated heterocycles. The van der Waals surface area contributed by atoms with Crippen LogP contribution in [0.25, 0.3) is 0 Å². The Morgan fingerprint density at radius 1 is 1.55 bits per heavy atom. The molecule has 0 aromatic carbocycles. The van der Waals surface area contributed by atoms with E-state index >= 15 is 0 Å². The minimum Gasteiger partial charge on any atom is -0.464 e. The Morgan fingerprint density at radius 2 is 2.30 bits per heavy atom. The van der Waals surface area contributed by atoms with E-state index in [4.69, 9.17) is 16.3 Å². The van der Waals surface area contributed by atoms with Gasteiger partial charge in [-0.05, 0) is 38.3 Å². The van der Waals surface area contributed by atoms with Crippen LogP contribution in [0.5, 0.6) is 0 Å². The number of halogens is 1. The maximum absolute atomic E-state index is 12.5. The number of aryl methyl sites for hydroxylation is 1. The van der Waals surface area contributed by atoms with Gasteiger partial charge in [0.05, 0.1) is 11.6 Å². The first-order valence-corrected chi connectivity index (χ1v) is 7.02. The number of ether oxygens (including phenoxy) is 1. The van der Waals surface area contributed by atoms with Crippen LogP contribution in [-0.2, 0) is 9.53 Å². The predicted octanol–water partition coefficient (Wildman–Crippen LogP) is 2.21. The zero-order chi connectivity index (χ0) is 14.7. The van der Waals surface area contributed by atoms with Gasteiger partial charge in [-0.3, -0.25) is 4.79 Å². The molecule has 6 heteroatoms. The molecule has 1 atom stereocenters. The lowest BCUT2D eigenvalue weighted by Crippen LogP contribution is -2.42. The first-order chi connectivity index (χ1) is 9.54. The molecule has 1 aliphatic rings. The minimum absolute atomic E-state index is 0.241. The smallest absolute Gasteiger partial charge is 0.328 e. The number of amides is 1. The SMILES string of the molecule is CCOC(=O)[C@@H]1CCCN1C(=O)c1ncc(Cl)cc1C. The number of nitrogens with zero attached hydrogens (tertiary/aromatic N) is 2. The summed E-state index contributed by atoms with van der Waals surface area (Å²) in [5.74, 6) is -0.584. The second kappa shape index (κ2) is 6.22. The van der Waals surface area contributed by atoms with Crippen LogP contribution in [-0.4, -0.2) is 41.0 Å². The number of pyridine rings is 1. The highest BCUT2D eigenvalue weighted by Crippen LogP contribution is 2.22. The standard InChI is InChI=1S/C14H17ClN2O3/c1-3-20-14(19)11-5-4-6-17(11)13(18)12-9(2)7-10(15)8-16-12/h7-8,11H,3-6H2,1-2H3/t11-/m0/s1. The fourth-order valence-electron chi connectivity index (χ4n) is 2.39. The summed E-state index contributed by atoms with van der Waals surface area (Å²) < 4.78 is 5.02. The number of hydrogen-bond donors (Lipinski definition) is 0. The fraction of sp³-hybridized carbons (Fsp3) is 0.500. The summed E-state index contributed by atoms with van der Waals surface area (Å²) in [7, 11) is 0. The van der Waals surface area contributed by atoms with E-state index in [1.807, 2.05) is 0 Å². The van der Waals surface area contributed by atoms with Crippen molar-refractivity contribution in [3.63, 3.8) is 0 Å². The summed E-state index contributed by atoms with van der Waals surface area (Å²) in [6, 6.07) is 1.19. The quantitative estimate of drug-likeness (QED) is 0.803. The van der Waals surface area contributed by atoms with Gasteiger partial charge in [-0.2, -0.15) is 0 Å². The number of carbonyl (C=O) groups is 2. The summed E-state index contributed by atoms with van der Waals surface area (Å²) in [5.41, 5.74) is 1.04. The predicted molar refractivity (Wildman–Crippen MR) is 74.7 cm³/mol. The Labute approximate surface area is 122 Å². The molecular weight excluding hydrogens is 280 g/mol. The van der Waals surface area contributed by atoms with Crippen molar-refractivity contribution in [3.8, 4) is 0 Å². The lowest BCUT2D eigenvalue weighted by Gasteiger charge is -2.23. The van der Waals surface area contributed by atoms with E-state index in [1.54, 1.807) is 24.8 Å². The number of likely N-dealkylation sites (tertiary alicyclic amines) is 1. The molecule has 0 spiro atoms. The Morgan fingerprint density at radius 3 is 2.95 bits per heavy atom. The maximum Gasteiger partial charge on any atom is 0.328 e. The van der Waals surface area contributed by atoms with Crippen LogP contribution in [0.4, 0.5) is 0 Å². The highest BCUT2D eigenvalue weighted by Gasteiger charge is 2.36. The van der Waals surface area contributed by atoms with Crippen LogP contribution >= 0.6 is 11.6 Å². The molecule has 2 heterocycles. The largest absolute Gasteiger partial charge is 0.464 e. The highest BCUT2D eigenvalue weighted by atomic mass is 35.5. The van der Waals surface area contributed by atoms with Gasteiger partial charge in [0.25, 0.3) is 5.91 Å². The minimum atomic E-state index is -0.501. The topological polar surface area (TPSA) is 59.5 Å². The number of hydrogen-bond acceptors (Lipinski definition) is 4.